The number of anilines is 2. The van der Waals surface area contributed by atoms with E-state index in [9.17, 15) is 0 Å². The standard InChI is InChI=1S/C40H46N4OS.Y/c1-6-24-42(25-15-26-44(3,4)30-31-16-14-19-34(27-31)45-5)39-28-32(29-40-41(2)37-22-12-13-23-38(37)46-40)35-20-10-11-21-36(35)43(39)33-17-8-7-9-18-33;/h7-14,16-23,27-29H,6,15,24-26,30H2,1-5H3;/q+2;. The van der Waals surface area contributed by atoms with Gasteiger partial charge in [0.25, 0.3) is 5.82 Å². The SMILES string of the molecule is CCCN(CCC[N+](C)(C)Cc1cccc(OC)c1)c1cc(C=C2Sc3ccccc3N2C)c2ccccc2[n+]1-c1ccccc1.[Y]. The van der Waals surface area contributed by atoms with E-state index in [0.717, 1.165) is 49.3 Å². The third-order valence-electron chi connectivity index (χ3n) is 8.79. The number of hydrogen-bond acceptors (Lipinski definition) is 4. The number of ether oxygens (including phenoxy) is 1. The Balaban J connectivity index is 0.00000433. The van der Waals surface area contributed by atoms with Crippen LogP contribution < -0.4 is 19.1 Å². The van der Waals surface area contributed by atoms with Crippen molar-refractivity contribution in [3.05, 3.63) is 125 Å². The Morgan fingerprint density at radius 3 is 2.38 bits per heavy atom. The first-order valence-electron chi connectivity index (χ1n) is 16.3. The van der Waals surface area contributed by atoms with Crippen molar-refractivity contribution >= 4 is 40.2 Å². The molecule has 0 spiro atoms. The van der Waals surface area contributed by atoms with Crippen LogP contribution >= 0.6 is 11.8 Å². The maximum Gasteiger partial charge on any atom is 0.282 e. The third kappa shape index (κ3) is 8.12. The van der Waals surface area contributed by atoms with Gasteiger partial charge in [-0.2, -0.15) is 4.57 Å². The zero-order valence-corrected chi connectivity index (χ0v) is 32.0. The summed E-state index contributed by atoms with van der Waals surface area (Å²) in [6.45, 7) is 6.30. The summed E-state index contributed by atoms with van der Waals surface area (Å²) in [6.07, 6.45) is 4.54. The number of hydrogen-bond donors (Lipinski definition) is 0. The van der Waals surface area contributed by atoms with Crippen LogP contribution in [0.5, 0.6) is 5.75 Å². The Labute approximate surface area is 310 Å². The summed E-state index contributed by atoms with van der Waals surface area (Å²) in [4.78, 5) is 6.23. The first kappa shape index (κ1) is 35.2. The molecule has 0 aliphatic carbocycles. The zero-order chi connectivity index (χ0) is 32.1. The summed E-state index contributed by atoms with van der Waals surface area (Å²) in [5.74, 6) is 2.16. The van der Waals surface area contributed by atoms with E-state index in [2.05, 4.69) is 152 Å². The average Bonchev–Trinajstić information content (AvgIpc) is 3.39. The molecule has 0 amide bonds. The topological polar surface area (TPSA) is 19.6 Å². The van der Waals surface area contributed by atoms with Gasteiger partial charge >= 0.3 is 0 Å². The Kier molecular flexibility index (Phi) is 11.8. The molecule has 4 aromatic carbocycles. The van der Waals surface area contributed by atoms with Crippen molar-refractivity contribution in [2.24, 2.45) is 0 Å². The molecule has 5 aromatic rings. The molecule has 0 bridgehead atoms. The van der Waals surface area contributed by atoms with E-state index in [1.807, 2.05) is 17.8 Å². The molecule has 2 heterocycles. The van der Waals surface area contributed by atoms with Crippen molar-refractivity contribution in [3.8, 4) is 11.4 Å². The van der Waals surface area contributed by atoms with Crippen LogP contribution in [0.25, 0.3) is 22.7 Å². The molecule has 7 heteroatoms. The second-order valence-electron chi connectivity index (χ2n) is 12.8. The van der Waals surface area contributed by atoms with Gasteiger partial charge in [-0.1, -0.05) is 79.3 Å². The minimum atomic E-state index is 0. The maximum absolute atomic E-state index is 5.49. The van der Waals surface area contributed by atoms with Gasteiger partial charge in [-0.05, 0) is 60.5 Å². The van der Waals surface area contributed by atoms with E-state index < -0.39 is 0 Å². The van der Waals surface area contributed by atoms with Crippen molar-refractivity contribution in [1.29, 1.82) is 0 Å². The second-order valence-corrected chi connectivity index (χ2v) is 13.8. The Bertz CT molecular complexity index is 1840. The van der Waals surface area contributed by atoms with Crippen molar-refractivity contribution < 1.29 is 46.5 Å². The van der Waals surface area contributed by atoms with E-state index in [4.69, 9.17) is 4.74 Å². The minimum Gasteiger partial charge on any atom is -0.497 e. The molecule has 0 N–H and O–H groups in total. The number of benzene rings is 4. The largest absolute Gasteiger partial charge is 0.497 e. The molecule has 1 aliphatic rings. The minimum absolute atomic E-state index is 0. The van der Waals surface area contributed by atoms with Crippen molar-refractivity contribution in [2.45, 2.75) is 31.2 Å². The second kappa shape index (κ2) is 15.8. The van der Waals surface area contributed by atoms with E-state index in [1.165, 1.54) is 49.1 Å². The zero-order valence-electron chi connectivity index (χ0n) is 28.4. The molecular formula is C40H46N4OSY+2. The molecule has 239 valence electrons. The summed E-state index contributed by atoms with van der Waals surface area (Å²) < 4.78 is 8.87. The summed E-state index contributed by atoms with van der Waals surface area (Å²) in [5, 5.41) is 2.49. The third-order valence-corrected chi connectivity index (χ3v) is 9.95. The van der Waals surface area contributed by atoms with Crippen LogP contribution in [-0.2, 0) is 39.3 Å². The first-order valence-corrected chi connectivity index (χ1v) is 17.1. The first-order chi connectivity index (χ1) is 22.4. The molecule has 0 saturated carbocycles. The molecule has 1 aliphatic heterocycles. The Morgan fingerprint density at radius 1 is 0.872 bits per heavy atom. The van der Waals surface area contributed by atoms with E-state index in [0.29, 0.717) is 0 Å². The number of nitrogens with zero attached hydrogens (tertiary/aromatic N) is 4. The quantitative estimate of drug-likeness (QED) is 0.0951. The molecule has 0 fully saturated rings. The Hall–Kier alpha value is -3.16. The molecule has 1 aromatic heterocycles. The summed E-state index contributed by atoms with van der Waals surface area (Å²) in [5.41, 5.74) is 6.22. The molecule has 5 nitrogen and oxygen atoms in total. The van der Waals surface area contributed by atoms with E-state index >= 15 is 0 Å². The fourth-order valence-electron chi connectivity index (χ4n) is 6.54. The molecule has 47 heavy (non-hydrogen) atoms. The van der Waals surface area contributed by atoms with Gasteiger partial charge < -0.3 is 14.1 Å². The smallest absolute Gasteiger partial charge is 0.282 e. The fraction of sp³-hybridized carbons (Fsp3) is 0.275. The summed E-state index contributed by atoms with van der Waals surface area (Å²) >= 11 is 1.85. The molecule has 0 atom stereocenters. The predicted molar refractivity (Wildman–Crippen MR) is 195 cm³/mol. The number of aromatic nitrogens is 1. The van der Waals surface area contributed by atoms with Crippen molar-refractivity contribution in [3.63, 3.8) is 0 Å². The van der Waals surface area contributed by atoms with Crippen LogP contribution in [0.2, 0.25) is 0 Å². The number of quaternary nitrogens is 1. The summed E-state index contributed by atoms with van der Waals surface area (Å²) in [6, 6.07) is 39.3. The van der Waals surface area contributed by atoms with Crippen molar-refractivity contribution in [2.75, 3.05) is 57.7 Å². The normalized spacial score (nSPS) is 13.5. The van der Waals surface area contributed by atoms with E-state index in [-0.39, 0.29) is 32.7 Å². The monoisotopic (exact) mass is 719 g/mol. The van der Waals surface area contributed by atoms with Gasteiger partial charge in [-0.3, -0.25) is 4.90 Å². The van der Waals surface area contributed by atoms with Gasteiger partial charge in [0.05, 0.1) is 51.6 Å². The maximum atomic E-state index is 5.49. The number of para-hydroxylation sites is 3. The van der Waals surface area contributed by atoms with Crippen LogP contribution in [0, 0.1) is 0 Å². The number of fused-ring (bicyclic) bond motifs is 2. The molecular weight excluding hydrogens is 673 g/mol. The van der Waals surface area contributed by atoms with Gasteiger partial charge in [-0.25, -0.2) is 0 Å². The van der Waals surface area contributed by atoms with Gasteiger partial charge in [0.15, 0.2) is 0 Å². The molecule has 1 radical (unpaired) electrons. The van der Waals surface area contributed by atoms with Gasteiger partial charge in [0.1, 0.15) is 23.5 Å². The summed E-state index contributed by atoms with van der Waals surface area (Å²) in [7, 11) is 8.58. The average molecular weight is 720 g/mol. The predicted octanol–water partition coefficient (Wildman–Crippen LogP) is 8.55. The van der Waals surface area contributed by atoms with Crippen LogP contribution in [-0.4, -0.2) is 52.4 Å². The van der Waals surface area contributed by atoms with E-state index in [1.54, 1.807) is 7.11 Å². The van der Waals surface area contributed by atoms with Crippen LogP contribution in [0.1, 0.15) is 30.9 Å². The number of rotatable bonds is 12. The van der Waals surface area contributed by atoms with Crippen molar-refractivity contribution in [1.82, 2.24) is 0 Å². The van der Waals surface area contributed by atoms with Crippen LogP contribution in [0.3, 0.4) is 0 Å². The number of methoxy groups -OCH3 is 1. The van der Waals surface area contributed by atoms with Gasteiger partial charge in [0, 0.05) is 68.1 Å². The number of pyridine rings is 1. The van der Waals surface area contributed by atoms with Gasteiger partial charge in [0.2, 0.25) is 0 Å². The van der Waals surface area contributed by atoms with Crippen LogP contribution in [0.15, 0.2) is 119 Å². The number of thioether (sulfide) groups is 1. The Morgan fingerprint density at radius 2 is 1.62 bits per heavy atom. The van der Waals surface area contributed by atoms with Gasteiger partial charge in [-0.15, -0.1) is 0 Å². The van der Waals surface area contributed by atoms with Crippen LogP contribution in [0.4, 0.5) is 11.5 Å². The molecule has 6 rings (SSSR count). The fourth-order valence-corrected chi connectivity index (χ4v) is 7.64. The molecule has 0 saturated heterocycles. The molecule has 0 unspecified atom stereocenters.